The minimum absolute atomic E-state index is 0.378. The number of carbonyl (C=O) groups excluding carboxylic acids is 1. The van der Waals surface area contributed by atoms with E-state index in [0.717, 1.165) is 16.5 Å². The number of hydrogen-bond acceptors (Lipinski definition) is 2. The Morgan fingerprint density at radius 2 is 2.31 bits per heavy atom. The number of benzene rings is 1. The van der Waals surface area contributed by atoms with E-state index in [1.807, 2.05) is 24.4 Å². The van der Waals surface area contributed by atoms with E-state index in [1.54, 1.807) is 6.08 Å². The predicted octanol–water partition coefficient (Wildman–Crippen LogP) is 3.01. The van der Waals surface area contributed by atoms with Gasteiger partial charge in [0.1, 0.15) is 0 Å². The van der Waals surface area contributed by atoms with Gasteiger partial charge in [-0.25, -0.2) is 4.79 Å². The number of nitrogens with one attached hydrogen (secondary N) is 1. The summed E-state index contributed by atoms with van der Waals surface area (Å²) in [6, 6.07) is 5.56. The maximum atomic E-state index is 11.0. The molecule has 0 aliphatic heterocycles. The quantitative estimate of drug-likeness (QED) is 0.642. The Morgan fingerprint density at radius 1 is 1.50 bits per heavy atom. The third-order valence-corrected chi connectivity index (χ3v) is 2.51. The summed E-state index contributed by atoms with van der Waals surface area (Å²) >= 11 is 5.91. The van der Waals surface area contributed by atoms with E-state index in [1.165, 1.54) is 13.2 Å². The molecule has 1 N–H and O–H groups in total. The second-order valence-electron chi connectivity index (χ2n) is 3.29. The number of rotatable bonds is 2. The number of aromatic nitrogens is 1. The second-order valence-corrected chi connectivity index (χ2v) is 3.73. The van der Waals surface area contributed by atoms with Gasteiger partial charge in [0.05, 0.1) is 7.11 Å². The molecular weight excluding hydrogens is 226 g/mol. The van der Waals surface area contributed by atoms with E-state index in [2.05, 4.69) is 9.72 Å². The van der Waals surface area contributed by atoms with Crippen molar-refractivity contribution in [2.45, 2.75) is 0 Å². The molecule has 2 aromatic rings. The van der Waals surface area contributed by atoms with Crippen molar-refractivity contribution in [3.63, 3.8) is 0 Å². The van der Waals surface area contributed by atoms with Crippen LogP contribution in [0.5, 0.6) is 0 Å². The molecule has 0 unspecified atom stereocenters. The van der Waals surface area contributed by atoms with Crippen molar-refractivity contribution < 1.29 is 9.53 Å². The fourth-order valence-electron chi connectivity index (χ4n) is 1.48. The Kier molecular flexibility index (Phi) is 2.97. The third kappa shape index (κ3) is 2.09. The molecule has 0 saturated carbocycles. The second kappa shape index (κ2) is 4.41. The summed E-state index contributed by atoms with van der Waals surface area (Å²) in [5.74, 6) is -0.378. The molecule has 3 nitrogen and oxygen atoms in total. The van der Waals surface area contributed by atoms with Gasteiger partial charge in [0.15, 0.2) is 0 Å². The molecule has 0 aliphatic rings. The summed E-state index contributed by atoms with van der Waals surface area (Å²) in [5.41, 5.74) is 1.89. The smallest absolute Gasteiger partial charge is 0.330 e. The monoisotopic (exact) mass is 235 g/mol. The number of methoxy groups -OCH3 is 1. The van der Waals surface area contributed by atoms with Crippen LogP contribution in [0.3, 0.4) is 0 Å². The highest BCUT2D eigenvalue weighted by Crippen LogP contribution is 2.23. The Morgan fingerprint density at radius 3 is 3.06 bits per heavy atom. The molecule has 1 aromatic carbocycles. The first kappa shape index (κ1) is 10.8. The minimum Gasteiger partial charge on any atom is -0.466 e. The van der Waals surface area contributed by atoms with Crippen molar-refractivity contribution in [1.82, 2.24) is 4.98 Å². The molecule has 0 aliphatic carbocycles. The van der Waals surface area contributed by atoms with Gasteiger partial charge in [-0.05, 0) is 24.3 Å². The number of hydrogen-bond donors (Lipinski definition) is 1. The largest absolute Gasteiger partial charge is 0.466 e. The summed E-state index contributed by atoms with van der Waals surface area (Å²) < 4.78 is 4.52. The normalized spacial score (nSPS) is 11.1. The fourth-order valence-corrected chi connectivity index (χ4v) is 1.65. The number of halogens is 1. The van der Waals surface area contributed by atoms with Crippen LogP contribution in [-0.4, -0.2) is 18.1 Å². The molecule has 82 valence electrons. The van der Waals surface area contributed by atoms with Gasteiger partial charge in [0.2, 0.25) is 0 Å². The van der Waals surface area contributed by atoms with Crippen LogP contribution in [0.1, 0.15) is 5.56 Å². The lowest BCUT2D eigenvalue weighted by atomic mass is 10.1. The molecule has 2 rings (SSSR count). The van der Waals surface area contributed by atoms with Crippen LogP contribution in [0.2, 0.25) is 5.02 Å². The fraction of sp³-hybridized carbons (Fsp3) is 0.0833. The van der Waals surface area contributed by atoms with E-state index >= 15 is 0 Å². The van der Waals surface area contributed by atoms with Crippen LogP contribution in [0, 0.1) is 0 Å². The molecule has 1 heterocycles. The van der Waals surface area contributed by atoms with Gasteiger partial charge >= 0.3 is 5.97 Å². The average molecular weight is 236 g/mol. The highest BCUT2D eigenvalue weighted by molar-refractivity contribution is 6.31. The number of H-pyrrole nitrogens is 1. The van der Waals surface area contributed by atoms with Crippen LogP contribution in [0.15, 0.2) is 30.5 Å². The summed E-state index contributed by atoms with van der Waals surface area (Å²) in [7, 11) is 1.35. The zero-order valence-electron chi connectivity index (χ0n) is 8.66. The zero-order chi connectivity index (χ0) is 11.5. The van der Waals surface area contributed by atoms with Gasteiger partial charge in [0.25, 0.3) is 0 Å². The standard InChI is InChI=1S/C12H10ClNO2/c1-16-12(15)5-2-8-7-14-11-4-3-9(13)6-10(8)11/h2-7,14H,1H3. The van der Waals surface area contributed by atoms with Crippen LogP contribution in [0.25, 0.3) is 17.0 Å². The number of carbonyl (C=O) groups is 1. The Labute approximate surface area is 97.7 Å². The third-order valence-electron chi connectivity index (χ3n) is 2.28. The lowest BCUT2D eigenvalue weighted by Gasteiger charge is -1.93. The van der Waals surface area contributed by atoms with Crippen molar-refractivity contribution in [2.75, 3.05) is 7.11 Å². The Bertz CT molecular complexity index is 557. The summed E-state index contributed by atoms with van der Waals surface area (Å²) in [6.45, 7) is 0. The zero-order valence-corrected chi connectivity index (χ0v) is 9.41. The molecule has 0 fully saturated rings. The number of ether oxygens (including phenoxy) is 1. The highest BCUT2D eigenvalue weighted by Gasteiger charge is 2.02. The first-order valence-electron chi connectivity index (χ1n) is 4.73. The number of aromatic amines is 1. The predicted molar refractivity (Wildman–Crippen MR) is 64.4 cm³/mol. The topological polar surface area (TPSA) is 42.1 Å². The molecule has 0 amide bonds. The molecule has 0 radical (unpaired) electrons. The minimum atomic E-state index is -0.378. The first-order chi connectivity index (χ1) is 7.70. The Hall–Kier alpha value is -1.74. The number of fused-ring (bicyclic) bond motifs is 1. The van der Waals surface area contributed by atoms with E-state index in [9.17, 15) is 4.79 Å². The maximum Gasteiger partial charge on any atom is 0.330 e. The van der Waals surface area contributed by atoms with Gasteiger partial charge in [-0.15, -0.1) is 0 Å². The summed E-state index contributed by atoms with van der Waals surface area (Å²) in [5, 5.41) is 1.65. The van der Waals surface area contributed by atoms with Crippen molar-refractivity contribution in [3.8, 4) is 0 Å². The summed E-state index contributed by atoms with van der Waals surface area (Å²) in [6.07, 6.45) is 4.89. The van der Waals surface area contributed by atoms with Crippen LogP contribution in [0.4, 0.5) is 0 Å². The van der Waals surface area contributed by atoms with Gasteiger partial charge in [-0.1, -0.05) is 11.6 Å². The lowest BCUT2D eigenvalue weighted by molar-refractivity contribution is -0.134. The average Bonchev–Trinajstić information content (AvgIpc) is 2.68. The van der Waals surface area contributed by atoms with Gasteiger partial charge < -0.3 is 9.72 Å². The van der Waals surface area contributed by atoms with Gasteiger partial charge in [-0.3, -0.25) is 0 Å². The van der Waals surface area contributed by atoms with E-state index in [4.69, 9.17) is 11.6 Å². The summed E-state index contributed by atoms with van der Waals surface area (Å²) in [4.78, 5) is 14.1. The van der Waals surface area contributed by atoms with Crippen LogP contribution >= 0.6 is 11.6 Å². The van der Waals surface area contributed by atoms with E-state index in [0.29, 0.717) is 5.02 Å². The van der Waals surface area contributed by atoms with Crippen LogP contribution in [-0.2, 0) is 9.53 Å². The van der Waals surface area contributed by atoms with Crippen LogP contribution < -0.4 is 0 Å². The van der Waals surface area contributed by atoms with Crippen molar-refractivity contribution in [3.05, 3.63) is 41.1 Å². The van der Waals surface area contributed by atoms with E-state index in [-0.39, 0.29) is 5.97 Å². The SMILES string of the molecule is COC(=O)C=Cc1c[nH]c2ccc(Cl)cc12. The van der Waals surface area contributed by atoms with Crippen molar-refractivity contribution in [1.29, 1.82) is 0 Å². The van der Waals surface area contributed by atoms with Crippen molar-refractivity contribution >= 4 is 34.5 Å². The van der Waals surface area contributed by atoms with Gasteiger partial charge in [-0.2, -0.15) is 0 Å². The molecule has 1 aromatic heterocycles. The molecule has 4 heteroatoms. The lowest BCUT2D eigenvalue weighted by Crippen LogP contribution is -1.92. The molecule has 0 saturated heterocycles. The molecule has 16 heavy (non-hydrogen) atoms. The molecule has 0 spiro atoms. The maximum absolute atomic E-state index is 11.0. The van der Waals surface area contributed by atoms with E-state index < -0.39 is 0 Å². The first-order valence-corrected chi connectivity index (χ1v) is 5.11. The van der Waals surface area contributed by atoms with Crippen molar-refractivity contribution in [2.24, 2.45) is 0 Å². The highest BCUT2D eigenvalue weighted by atomic mass is 35.5. The molecule has 0 atom stereocenters. The molecular formula is C12H10ClNO2. The van der Waals surface area contributed by atoms with Gasteiger partial charge in [0, 0.05) is 33.8 Å². The number of esters is 1. The molecule has 0 bridgehead atoms. The Balaban J connectivity index is 2.41.